The number of carbonyl (C=O) groups is 3. The molecule has 1 saturated heterocycles. The Kier molecular flexibility index (Phi) is 10.2. The fourth-order valence-electron chi connectivity index (χ4n) is 4.67. The number of amides is 2. The van der Waals surface area contributed by atoms with Crippen molar-refractivity contribution >= 4 is 46.2 Å². The Morgan fingerprint density at radius 1 is 1.07 bits per heavy atom. The molecule has 1 aromatic carbocycles. The number of nitrogens with two attached hydrogens (primary N) is 2. The number of nitrogens with one attached hydrogen (secondary N) is 2. The van der Waals surface area contributed by atoms with Gasteiger partial charge in [0, 0.05) is 24.7 Å². The van der Waals surface area contributed by atoms with Gasteiger partial charge in [0.25, 0.3) is 5.91 Å². The van der Waals surface area contributed by atoms with Crippen molar-refractivity contribution < 1.29 is 39.5 Å². The number of benzene rings is 1. The smallest absolute Gasteiger partial charge is 0.251 e. The number of rotatable bonds is 11. The van der Waals surface area contributed by atoms with Gasteiger partial charge in [-0.2, -0.15) is 9.97 Å². The second-order valence-corrected chi connectivity index (χ2v) is 10.4. The maximum atomic E-state index is 12.9. The Hall–Kier alpha value is -4.55. The molecule has 10 N–H and O–H groups in total. The highest BCUT2D eigenvalue weighted by Crippen LogP contribution is 2.21. The summed E-state index contributed by atoms with van der Waals surface area (Å²) in [5.74, 6) is -1.44. The molecule has 0 spiro atoms. The summed E-state index contributed by atoms with van der Waals surface area (Å²) in [6, 6.07) is 4.26. The lowest BCUT2D eigenvalue weighted by molar-refractivity contribution is -0.253. The van der Waals surface area contributed by atoms with E-state index in [9.17, 15) is 34.8 Å². The molecule has 1 fully saturated rings. The molecular formula is C27H35N9O8. The molecule has 0 bridgehead atoms. The van der Waals surface area contributed by atoms with E-state index >= 15 is 0 Å². The van der Waals surface area contributed by atoms with Crippen molar-refractivity contribution in [1.82, 2.24) is 30.6 Å². The van der Waals surface area contributed by atoms with Crippen molar-refractivity contribution in [3.63, 3.8) is 0 Å². The predicted molar refractivity (Wildman–Crippen MR) is 156 cm³/mol. The van der Waals surface area contributed by atoms with Gasteiger partial charge < -0.3 is 52.2 Å². The number of nitrogen functional groups attached to an aromatic ring is 2. The van der Waals surface area contributed by atoms with Crippen molar-refractivity contribution in [3.8, 4) is 0 Å². The van der Waals surface area contributed by atoms with Crippen LogP contribution in [0, 0.1) is 0 Å². The Bertz CT molecular complexity index is 1510. The highest BCUT2D eigenvalue weighted by Gasteiger charge is 2.44. The molecule has 3 heterocycles. The largest absolute Gasteiger partial charge is 0.394 e. The summed E-state index contributed by atoms with van der Waals surface area (Å²) < 4.78 is 5.02. The summed E-state index contributed by atoms with van der Waals surface area (Å²) >= 11 is 0. The Labute approximate surface area is 251 Å². The number of aliphatic hydroxyl groups is 4. The standard InChI is InChI=1S/C27H35N9O8/c1-12(38)16(7-8-18(39)33-19-22(41)21(40)17(11-37)44-26(19)43)32-25(42)13-3-5-15(6-4-13)36(2)10-14-9-30-24-20(31-14)23(28)34-27(29)35-24/h3-6,9,16-17,19,21-22,26,37,40-41,43H,7-8,10-11H2,1-2H3,(H,32,42)(H,33,39)(H4,28,29,30,34,35). The van der Waals surface area contributed by atoms with Gasteiger partial charge in [-0.15, -0.1) is 0 Å². The molecule has 2 aromatic heterocycles. The van der Waals surface area contributed by atoms with Gasteiger partial charge in [0.2, 0.25) is 11.9 Å². The number of ether oxygens (including phenoxy) is 1. The van der Waals surface area contributed by atoms with Crippen molar-refractivity contribution in [2.24, 2.45) is 0 Å². The zero-order valence-electron chi connectivity index (χ0n) is 24.0. The quantitative estimate of drug-likeness (QED) is 0.112. The van der Waals surface area contributed by atoms with Crippen LogP contribution >= 0.6 is 0 Å². The lowest BCUT2D eigenvalue weighted by atomic mass is 9.96. The minimum Gasteiger partial charge on any atom is -0.394 e. The Morgan fingerprint density at radius 3 is 2.43 bits per heavy atom. The van der Waals surface area contributed by atoms with Gasteiger partial charge in [0.15, 0.2) is 29.1 Å². The van der Waals surface area contributed by atoms with Crippen LogP contribution in [0.2, 0.25) is 0 Å². The molecule has 17 nitrogen and oxygen atoms in total. The van der Waals surface area contributed by atoms with Crippen molar-refractivity contribution in [1.29, 1.82) is 0 Å². The molecule has 6 atom stereocenters. The molecular weight excluding hydrogens is 578 g/mol. The fourth-order valence-corrected chi connectivity index (χ4v) is 4.67. The summed E-state index contributed by atoms with van der Waals surface area (Å²) in [6.45, 7) is 0.993. The number of hydrogen-bond donors (Lipinski definition) is 8. The van der Waals surface area contributed by atoms with Crippen LogP contribution in [-0.2, 0) is 20.9 Å². The van der Waals surface area contributed by atoms with Gasteiger partial charge >= 0.3 is 0 Å². The molecule has 1 aliphatic heterocycles. The number of ketones is 1. The average Bonchev–Trinajstić information content (AvgIpc) is 2.99. The van der Waals surface area contributed by atoms with Crippen molar-refractivity contribution in [2.75, 3.05) is 30.0 Å². The van der Waals surface area contributed by atoms with Crippen molar-refractivity contribution in [2.45, 2.75) is 63.0 Å². The fraction of sp³-hybridized carbons (Fsp3) is 0.444. The van der Waals surface area contributed by atoms with Gasteiger partial charge in [-0.25, -0.2) is 9.97 Å². The maximum absolute atomic E-state index is 12.9. The van der Waals surface area contributed by atoms with Crippen LogP contribution in [0.4, 0.5) is 17.5 Å². The number of fused-ring (bicyclic) bond motifs is 1. The first-order valence-electron chi connectivity index (χ1n) is 13.6. The van der Waals surface area contributed by atoms with E-state index in [4.69, 9.17) is 16.2 Å². The topological polar surface area (TPSA) is 272 Å². The van der Waals surface area contributed by atoms with Crippen LogP contribution in [0.15, 0.2) is 30.5 Å². The average molecular weight is 614 g/mol. The summed E-state index contributed by atoms with van der Waals surface area (Å²) in [5.41, 5.74) is 13.8. The van der Waals surface area contributed by atoms with Gasteiger partial charge in [0.1, 0.15) is 24.4 Å². The SMILES string of the molecule is CC(=O)C(CCC(=O)NC1C(O)OC(CO)C(O)C1O)NC(=O)c1ccc(N(C)Cc2cnc3nc(N)nc(N)c3n2)cc1. The second kappa shape index (κ2) is 13.8. The van der Waals surface area contributed by atoms with Crippen LogP contribution in [0.3, 0.4) is 0 Å². The van der Waals surface area contributed by atoms with Gasteiger partial charge in [-0.05, 0) is 37.6 Å². The van der Waals surface area contributed by atoms with E-state index in [1.54, 1.807) is 30.5 Å². The van der Waals surface area contributed by atoms with Crippen LogP contribution in [0.25, 0.3) is 11.2 Å². The molecule has 1 aliphatic rings. The first-order valence-corrected chi connectivity index (χ1v) is 13.6. The van der Waals surface area contributed by atoms with Crippen LogP contribution < -0.4 is 27.0 Å². The lowest BCUT2D eigenvalue weighted by Gasteiger charge is -2.40. The zero-order chi connectivity index (χ0) is 32.1. The lowest BCUT2D eigenvalue weighted by Crippen LogP contribution is -2.64. The first-order chi connectivity index (χ1) is 20.9. The van der Waals surface area contributed by atoms with E-state index in [0.29, 0.717) is 17.8 Å². The monoisotopic (exact) mass is 613 g/mol. The zero-order valence-corrected chi connectivity index (χ0v) is 24.0. The van der Waals surface area contributed by atoms with E-state index < -0.39 is 55.1 Å². The number of hydrogen-bond acceptors (Lipinski definition) is 15. The third-order valence-electron chi connectivity index (χ3n) is 7.15. The number of aliphatic hydroxyl groups excluding tert-OH is 4. The van der Waals surface area contributed by atoms with Gasteiger partial charge in [-0.3, -0.25) is 14.4 Å². The van der Waals surface area contributed by atoms with Crippen molar-refractivity contribution in [3.05, 3.63) is 41.7 Å². The summed E-state index contributed by atoms with van der Waals surface area (Å²) in [4.78, 5) is 56.1. The normalized spacial score (nSPS) is 22.3. The molecule has 4 rings (SSSR count). The van der Waals surface area contributed by atoms with E-state index in [0.717, 1.165) is 5.69 Å². The molecule has 3 aromatic rings. The van der Waals surface area contributed by atoms with Crippen LogP contribution in [0.1, 0.15) is 35.8 Å². The predicted octanol–water partition coefficient (Wildman–Crippen LogP) is -2.40. The molecule has 236 valence electrons. The molecule has 0 saturated carbocycles. The highest BCUT2D eigenvalue weighted by molar-refractivity contribution is 5.98. The van der Waals surface area contributed by atoms with E-state index in [2.05, 4.69) is 30.6 Å². The maximum Gasteiger partial charge on any atom is 0.251 e. The Morgan fingerprint density at radius 2 is 1.77 bits per heavy atom. The Balaban J connectivity index is 1.32. The molecule has 6 unspecified atom stereocenters. The number of nitrogens with zero attached hydrogens (tertiary/aromatic N) is 5. The number of carbonyl (C=O) groups excluding carboxylic acids is 3. The molecule has 0 radical (unpaired) electrons. The summed E-state index contributed by atoms with van der Waals surface area (Å²) in [7, 11) is 1.82. The van der Waals surface area contributed by atoms with Gasteiger partial charge in [0.05, 0.1) is 31.1 Å². The number of anilines is 3. The summed E-state index contributed by atoms with van der Waals surface area (Å²) in [5, 5.41) is 44.4. The molecule has 17 heteroatoms. The third kappa shape index (κ3) is 7.50. The molecule has 44 heavy (non-hydrogen) atoms. The van der Waals surface area contributed by atoms with E-state index in [1.807, 2.05) is 11.9 Å². The molecule has 0 aliphatic carbocycles. The third-order valence-corrected chi connectivity index (χ3v) is 7.15. The number of aromatic nitrogens is 4. The van der Waals surface area contributed by atoms with Crippen LogP contribution in [-0.4, -0.2) is 108 Å². The minimum atomic E-state index is -1.67. The number of Topliss-reactive ketones (excluding diaryl/α,β-unsaturated/α-hetero) is 1. The summed E-state index contributed by atoms with van der Waals surface area (Å²) in [6.07, 6.45) is -4.78. The first kappa shape index (κ1) is 32.4. The van der Waals surface area contributed by atoms with Crippen LogP contribution in [0.5, 0.6) is 0 Å². The minimum absolute atomic E-state index is 0.00443. The van der Waals surface area contributed by atoms with E-state index in [1.165, 1.54) is 6.92 Å². The van der Waals surface area contributed by atoms with Gasteiger partial charge in [-0.1, -0.05) is 0 Å². The highest BCUT2D eigenvalue weighted by atomic mass is 16.6. The molecule has 2 amide bonds. The second-order valence-electron chi connectivity index (χ2n) is 10.4. The van der Waals surface area contributed by atoms with E-state index in [-0.39, 0.29) is 41.6 Å².